The van der Waals surface area contributed by atoms with Gasteiger partial charge in [0.2, 0.25) is 5.88 Å². The van der Waals surface area contributed by atoms with Crippen LogP contribution in [0.3, 0.4) is 0 Å². The molecule has 2 aromatic rings. The Kier molecular flexibility index (Phi) is 1.98. The number of methoxy groups -OCH3 is 1. The Morgan fingerprint density at radius 1 is 1.64 bits per heavy atom. The molecule has 14 heavy (non-hydrogen) atoms. The second-order valence-electron chi connectivity index (χ2n) is 2.62. The van der Waals surface area contributed by atoms with Gasteiger partial charge in [0.25, 0.3) is 0 Å². The second kappa shape index (κ2) is 3.16. The highest BCUT2D eigenvalue weighted by Gasteiger charge is 2.10. The van der Waals surface area contributed by atoms with Crippen LogP contribution >= 0.6 is 11.3 Å². The number of ether oxygens (including phenoxy) is 1. The number of thiophene rings is 1. The first-order chi connectivity index (χ1) is 6.76. The van der Waals surface area contributed by atoms with Gasteiger partial charge in [-0.15, -0.1) is 11.3 Å². The molecule has 0 amide bonds. The van der Waals surface area contributed by atoms with Crippen LogP contribution in [0.25, 0.3) is 10.2 Å². The van der Waals surface area contributed by atoms with Gasteiger partial charge in [-0.1, -0.05) is 0 Å². The number of hydrogen-bond donors (Lipinski definition) is 1. The van der Waals surface area contributed by atoms with Crippen LogP contribution in [0.4, 0.5) is 0 Å². The van der Waals surface area contributed by atoms with Crippen molar-refractivity contribution in [2.75, 3.05) is 7.11 Å². The molecule has 2 rings (SSSR count). The molecule has 70 valence electrons. The molecule has 0 atom stereocenters. The van der Waals surface area contributed by atoms with Crippen molar-refractivity contribution in [2.24, 2.45) is 0 Å². The fraction of sp³-hybridized carbons (Fsp3) is 0.111. The molecule has 0 aliphatic heterocycles. The summed E-state index contributed by atoms with van der Waals surface area (Å²) < 4.78 is 5.71. The monoisotopic (exact) mass is 206 g/mol. The van der Waals surface area contributed by atoms with Gasteiger partial charge in [0.15, 0.2) is 5.75 Å². The average Bonchev–Trinajstić information content (AvgIpc) is 2.58. The molecule has 1 N–H and O–H groups in total. The predicted molar refractivity (Wildman–Crippen MR) is 52.6 cm³/mol. The Morgan fingerprint density at radius 3 is 3.07 bits per heavy atom. The fourth-order valence-corrected chi connectivity index (χ4v) is 1.96. The Bertz CT molecular complexity index is 527. The highest BCUT2D eigenvalue weighted by molar-refractivity contribution is 7.17. The molecule has 0 bridgehead atoms. The van der Waals surface area contributed by atoms with Crippen molar-refractivity contribution in [1.82, 2.24) is 4.98 Å². The first-order valence-electron chi connectivity index (χ1n) is 3.81. The Labute approximate surface area is 84.0 Å². The molecule has 0 spiro atoms. The van der Waals surface area contributed by atoms with E-state index >= 15 is 0 Å². The third-order valence-corrected chi connectivity index (χ3v) is 2.71. The number of nitrogens with zero attached hydrogens (tertiary/aromatic N) is 2. The normalized spacial score (nSPS) is 10.0. The van der Waals surface area contributed by atoms with Gasteiger partial charge in [-0.2, -0.15) is 5.26 Å². The summed E-state index contributed by atoms with van der Waals surface area (Å²) in [5.74, 6) is 0.362. The van der Waals surface area contributed by atoms with Gasteiger partial charge in [-0.25, -0.2) is 4.98 Å². The maximum absolute atomic E-state index is 9.40. The molecular formula is C9H6N2O2S. The van der Waals surface area contributed by atoms with E-state index in [1.807, 2.05) is 6.07 Å². The maximum atomic E-state index is 9.40. The third-order valence-electron chi connectivity index (χ3n) is 1.81. The van der Waals surface area contributed by atoms with Crippen molar-refractivity contribution in [3.05, 3.63) is 17.0 Å². The van der Waals surface area contributed by atoms with Gasteiger partial charge in [-0.3, -0.25) is 0 Å². The molecule has 0 aliphatic rings. The smallest absolute Gasteiger partial charge is 0.232 e. The van der Waals surface area contributed by atoms with Crippen LogP contribution in [0, 0.1) is 11.3 Å². The van der Waals surface area contributed by atoms with Crippen molar-refractivity contribution >= 4 is 21.6 Å². The van der Waals surface area contributed by atoms with E-state index in [0.29, 0.717) is 11.1 Å². The van der Waals surface area contributed by atoms with E-state index < -0.39 is 0 Å². The van der Waals surface area contributed by atoms with E-state index in [1.165, 1.54) is 18.4 Å². The summed E-state index contributed by atoms with van der Waals surface area (Å²) in [5.41, 5.74) is 0.854. The largest absolute Gasteiger partial charge is 0.505 e. The standard InChI is InChI=1S/C9H6N2O2S/c1-13-9-5(3-10)2-7-8(11-9)6(12)4-14-7/h2,4,12H,1H3. The Balaban J connectivity index is 2.79. The van der Waals surface area contributed by atoms with E-state index in [0.717, 1.165) is 4.70 Å². The predicted octanol–water partition coefficient (Wildman–Crippen LogP) is 1.88. The zero-order valence-electron chi connectivity index (χ0n) is 7.31. The molecule has 0 unspecified atom stereocenters. The number of nitriles is 1. The molecule has 2 aromatic heterocycles. The lowest BCUT2D eigenvalue weighted by molar-refractivity contribution is 0.397. The highest BCUT2D eigenvalue weighted by Crippen LogP contribution is 2.32. The van der Waals surface area contributed by atoms with Crippen LogP contribution in [0.5, 0.6) is 11.6 Å². The first-order valence-corrected chi connectivity index (χ1v) is 4.69. The quantitative estimate of drug-likeness (QED) is 0.773. The van der Waals surface area contributed by atoms with Gasteiger partial charge in [0.1, 0.15) is 17.1 Å². The Hall–Kier alpha value is -1.80. The van der Waals surface area contributed by atoms with Crippen molar-refractivity contribution < 1.29 is 9.84 Å². The SMILES string of the molecule is COc1nc2c(O)csc2cc1C#N. The third kappa shape index (κ3) is 1.17. The summed E-state index contributed by atoms with van der Waals surface area (Å²) in [4.78, 5) is 4.04. The van der Waals surface area contributed by atoms with Crippen LogP contribution in [0.1, 0.15) is 5.56 Å². The lowest BCUT2D eigenvalue weighted by atomic mass is 10.2. The van der Waals surface area contributed by atoms with Crippen LogP contribution in [0.15, 0.2) is 11.4 Å². The zero-order valence-corrected chi connectivity index (χ0v) is 8.13. The molecule has 0 aromatic carbocycles. The van der Waals surface area contributed by atoms with Gasteiger partial charge in [0, 0.05) is 5.38 Å². The summed E-state index contributed by atoms with van der Waals surface area (Å²) in [6, 6.07) is 3.64. The highest BCUT2D eigenvalue weighted by atomic mass is 32.1. The van der Waals surface area contributed by atoms with E-state index in [1.54, 1.807) is 11.4 Å². The molecule has 0 fully saturated rings. The maximum Gasteiger partial charge on any atom is 0.232 e. The molecule has 0 radical (unpaired) electrons. The molecule has 4 nitrogen and oxygen atoms in total. The van der Waals surface area contributed by atoms with Crippen molar-refractivity contribution in [3.8, 4) is 17.7 Å². The topological polar surface area (TPSA) is 66.1 Å². The molecule has 0 saturated carbocycles. The number of rotatable bonds is 1. The van der Waals surface area contributed by atoms with Crippen molar-refractivity contribution in [2.45, 2.75) is 0 Å². The van der Waals surface area contributed by atoms with E-state index in [2.05, 4.69) is 4.98 Å². The summed E-state index contributed by atoms with van der Waals surface area (Å²) in [6.07, 6.45) is 0. The molecule has 0 aliphatic carbocycles. The number of hydrogen-bond acceptors (Lipinski definition) is 5. The van der Waals surface area contributed by atoms with Gasteiger partial charge in [-0.05, 0) is 6.07 Å². The fourth-order valence-electron chi connectivity index (χ4n) is 1.16. The summed E-state index contributed by atoms with van der Waals surface area (Å²) in [7, 11) is 1.44. The minimum absolute atomic E-state index is 0.118. The van der Waals surface area contributed by atoms with E-state index in [4.69, 9.17) is 10.00 Å². The van der Waals surface area contributed by atoms with Crippen molar-refractivity contribution in [1.29, 1.82) is 5.26 Å². The van der Waals surface area contributed by atoms with E-state index in [9.17, 15) is 5.11 Å². The van der Waals surface area contributed by atoms with Gasteiger partial charge in [0.05, 0.1) is 11.8 Å². The minimum atomic E-state index is 0.118. The number of aromatic hydroxyl groups is 1. The summed E-state index contributed by atoms with van der Waals surface area (Å²) in [6.45, 7) is 0. The Morgan fingerprint density at radius 2 is 2.43 bits per heavy atom. The number of fused-ring (bicyclic) bond motifs is 1. The molecule has 0 saturated heterocycles. The van der Waals surface area contributed by atoms with Crippen molar-refractivity contribution in [3.63, 3.8) is 0 Å². The lowest BCUT2D eigenvalue weighted by Crippen LogP contribution is -1.91. The molecule has 2 heterocycles. The van der Waals surface area contributed by atoms with Crippen LogP contribution in [-0.4, -0.2) is 17.2 Å². The van der Waals surface area contributed by atoms with Crippen LogP contribution in [0.2, 0.25) is 0 Å². The van der Waals surface area contributed by atoms with Gasteiger partial charge >= 0.3 is 0 Å². The van der Waals surface area contributed by atoms with Crippen LogP contribution in [-0.2, 0) is 0 Å². The van der Waals surface area contributed by atoms with Gasteiger partial charge < -0.3 is 9.84 Å². The zero-order chi connectivity index (χ0) is 10.1. The summed E-state index contributed by atoms with van der Waals surface area (Å²) >= 11 is 1.34. The molecular weight excluding hydrogens is 200 g/mol. The molecule has 5 heteroatoms. The average molecular weight is 206 g/mol. The summed E-state index contributed by atoms with van der Waals surface area (Å²) in [5, 5.41) is 19.8. The number of aromatic nitrogens is 1. The second-order valence-corrected chi connectivity index (χ2v) is 3.54. The number of pyridine rings is 1. The minimum Gasteiger partial charge on any atom is -0.505 e. The van der Waals surface area contributed by atoms with E-state index in [-0.39, 0.29) is 11.6 Å². The first kappa shape index (κ1) is 8.78. The lowest BCUT2D eigenvalue weighted by Gasteiger charge is -2.00. The van der Waals surface area contributed by atoms with Crippen LogP contribution < -0.4 is 4.74 Å².